The van der Waals surface area contributed by atoms with E-state index >= 15 is 0 Å². The number of carbonyl (C=O) groups excluding carboxylic acids is 4. The van der Waals surface area contributed by atoms with E-state index in [9.17, 15) is 29.1 Å². The van der Waals surface area contributed by atoms with Crippen molar-refractivity contribution in [3.05, 3.63) is 35.9 Å². The molecule has 12 nitrogen and oxygen atoms in total. The molecule has 0 saturated heterocycles. The molecule has 0 aliphatic rings. The van der Waals surface area contributed by atoms with Gasteiger partial charge in [-0.1, -0.05) is 30.3 Å². The molecular weight excluding hydrogens is 442 g/mol. The van der Waals surface area contributed by atoms with Gasteiger partial charge >= 0.3 is 5.97 Å². The lowest BCUT2D eigenvalue weighted by molar-refractivity contribution is -0.142. The van der Waals surface area contributed by atoms with Crippen LogP contribution in [0.5, 0.6) is 0 Å². The Labute approximate surface area is 189 Å². The smallest absolute Gasteiger partial charge is 0.326 e. The molecule has 0 heterocycles. The summed E-state index contributed by atoms with van der Waals surface area (Å²) in [4.78, 5) is 59.8. The van der Waals surface area contributed by atoms with E-state index in [-0.39, 0.29) is 12.2 Å². The number of primary amides is 1. The number of nitrogens with one attached hydrogen (secondary N) is 3. The number of carboxylic acid groups (broad SMARTS) is 1. The average Bonchev–Trinajstić information content (AvgIpc) is 2.75. The first-order valence-electron chi connectivity index (χ1n) is 9.52. The Morgan fingerprint density at radius 3 is 1.94 bits per heavy atom. The van der Waals surface area contributed by atoms with Crippen molar-refractivity contribution in [2.24, 2.45) is 11.5 Å². The van der Waals surface area contributed by atoms with Crippen LogP contribution in [0, 0.1) is 0 Å². The van der Waals surface area contributed by atoms with Crippen molar-refractivity contribution in [3.63, 3.8) is 0 Å². The van der Waals surface area contributed by atoms with Crippen LogP contribution < -0.4 is 27.4 Å². The van der Waals surface area contributed by atoms with Crippen molar-refractivity contribution in [1.82, 2.24) is 16.0 Å². The highest BCUT2D eigenvalue weighted by molar-refractivity contribution is 7.80. The first kappa shape index (κ1) is 26.9. The zero-order chi connectivity index (χ0) is 24.3. The normalized spacial score (nSPS) is 14.3. The number of rotatable bonds is 13. The van der Waals surface area contributed by atoms with Crippen LogP contribution in [0.4, 0.5) is 0 Å². The number of amides is 4. The molecular formula is C19H27N5O7S. The second-order valence-electron chi connectivity index (χ2n) is 6.85. The fourth-order valence-electron chi connectivity index (χ4n) is 2.56. The quantitative estimate of drug-likeness (QED) is 0.138. The van der Waals surface area contributed by atoms with Crippen LogP contribution in [0.15, 0.2) is 30.3 Å². The first-order valence-corrected chi connectivity index (χ1v) is 10.2. The van der Waals surface area contributed by atoms with E-state index in [1.54, 1.807) is 30.3 Å². The monoisotopic (exact) mass is 469 g/mol. The number of hydrogen-bond acceptors (Lipinski definition) is 8. The molecule has 13 heteroatoms. The fourth-order valence-corrected chi connectivity index (χ4v) is 2.82. The molecule has 4 unspecified atom stereocenters. The summed E-state index contributed by atoms with van der Waals surface area (Å²) in [6.45, 7) is -0.698. The summed E-state index contributed by atoms with van der Waals surface area (Å²) in [5, 5.41) is 25.2. The standard InChI is InChI=1S/C19H27N5O7S/c20-11(8-25)16(27)22-12(7-15(21)26)17(28)24-14(9-32)18(29)23-13(19(30)31)6-10-4-2-1-3-5-10/h1-5,11-14,25,32H,6-9,20H2,(H2,21,26)(H,22,27)(H,23,29)(H,24,28)(H,30,31). The minimum Gasteiger partial charge on any atom is -0.480 e. The van der Waals surface area contributed by atoms with Gasteiger partial charge in [-0.2, -0.15) is 12.6 Å². The van der Waals surface area contributed by atoms with Gasteiger partial charge in [0.25, 0.3) is 0 Å². The van der Waals surface area contributed by atoms with Crippen molar-refractivity contribution in [3.8, 4) is 0 Å². The third kappa shape index (κ3) is 8.91. The number of aliphatic carboxylic acids is 1. The zero-order valence-corrected chi connectivity index (χ0v) is 18.0. The molecule has 4 atom stereocenters. The van der Waals surface area contributed by atoms with Crippen molar-refractivity contribution in [2.45, 2.75) is 37.0 Å². The minimum absolute atomic E-state index is 0.00849. The zero-order valence-electron chi connectivity index (χ0n) is 17.1. The molecule has 0 aliphatic heterocycles. The summed E-state index contributed by atoms with van der Waals surface area (Å²) in [5.41, 5.74) is 11.2. The second kappa shape index (κ2) is 13.3. The highest BCUT2D eigenvalue weighted by Gasteiger charge is 2.30. The van der Waals surface area contributed by atoms with Gasteiger partial charge in [-0.3, -0.25) is 19.2 Å². The van der Waals surface area contributed by atoms with Crippen molar-refractivity contribution in [2.75, 3.05) is 12.4 Å². The minimum atomic E-state index is -1.47. The number of carboxylic acids is 1. The molecule has 1 aromatic rings. The van der Waals surface area contributed by atoms with E-state index in [2.05, 4.69) is 28.6 Å². The van der Waals surface area contributed by atoms with Gasteiger partial charge < -0.3 is 37.6 Å². The summed E-state index contributed by atoms with van der Waals surface area (Å²) in [7, 11) is 0. The number of aliphatic hydroxyl groups excluding tert-OH is 1. The lowest BCUT2D eigenvalue weighted by Crippen LogP contribution is -2.58. The molecule has 0 spiro atoms. The molecule has 0 fully saturated rings. The van der Waals surface area contributed by atoms with Gasteiger partial charge in [-0.15, -0.1) is 0 Å². The molecule has 0 saturated carbocycles. The Bertz CT molecular complexity index is 824. The van der Waals surface area contributed by atoms with Crippen LogP contribution >= 0.6 is 12.6 Å². The van der Waals surface area contributed by atoms with Crippen LogP contribution in [-0.2, 0) is 30.4 Å². The van der Waals surface area contributed by atoms with Crippen molar-refractivity contribution < 1.29 is 34.2 Å². The Hall–Kier alpha value is -3.16. The summed E-state index contributed by atoms with van der Waals surface area (Å²) in [6, 6.07) is 3.27. The van der Waals surface area contributed by atoms with E-state index < -0.39 is 66.8 Å². The summed E-state index contributed by atoms with van der Waals surface area (Å²) in [5.74, 6) is -5.07. The summed E-state index contributed by atoms with van der Waals surface area (Å²) < 4.78 is 0. The first-order chi connectivity index (χ1) is 15.1. The maximum absolute atomic E-state index is 12.6. The van der Waals surface area contributed by atoms with Gasteiger partial charge in [-0.25, -0.2) is 4.79 Å². The van der Waals surface area contributed by atoms with Crippen LogP contribution in [0.3, 0.4) is 0 Å². The van der Waals surface area contributed by atoms with Crippen LogP contribution in [0.25, 0.3) is 0 Å². The predicted octanol–water partition coefficient (Wildman–Crippen LogP) is -3.11. The fraction of sp³-hybridized carbons (Fsp3) is 0.421. The Balaban J connectivity index is 2.86. The maximum Gasteiger partial charge on any atom is 0.326 e. The van der Waals surface area contributed by atoms with Gasteiger partial charge in [0.2, 0.25) is 23.6 Å². The predicted molar refractivity (Wildman–Crippen MR) is 116 cm³/mol. The van der Waals surface area contributed by atoms with Gasteiger partial charge in [-0.05, 0) is 5.56 Å². The van der Waals surface area contributed by atoms with Crippen LogP contribution in [0.2, 0.25) is 0 Å². The molecule has 0 aliphatic carbocycles. The highest BCUT2D eigenvalue weighted by Crippen LogP contribution is 2.05. The van der Waals surface area contributed by atoms with E-state index in [1.807, 2.05) is 0 Å². The van der Waals surface area contributed by atoms with E-state index in [0.717, 1.165) is 0 Å². The lowest BCUT2D eigenvalue weighted by atomic mass is 10.1. The third-order valence-electron chi connectivity index (χ3n) is 4.28. The number of thiol groups is 1. The van der Waals surface area contributed by atoms with E-state index in [4.69, 9.17) is 16.6 Å². The third-order valence-corrected chi connectivity index (χ3v) is 4.65. The molecule has 9 N–H and O–H groups in total. The molecule has 0 bridgehead atoms. The largest absolute Gasteiger partial charge is 0.480 e. The number of nitrogens with two attached hydrogens (primary N) is 2. The summed E-state index contributed by atoms with van der Waals surface area (Å²) >= 11 is 4.00. The average molecular weight is 470 g/mol. The van der Waals surface area contributed by atoms with Gasteiger partial charge in [0.1, 0.15) is 24.2 Å². The van der Waals surface area contributed by atoms with Gasteiger partial charge in [0.05, 0.1) is 13.0 Å². The lowest BCUT2D eigenvalue weighted by Gasteiger charge is -2.23. The Kier molecular flexibility index (Phi) is 11.2. The Morgan fingerprint density at radius 2 is 1.44 bits per heavy atom. The number of carbonyl (C=O) groups is 5. The molecule has 4 amide bonds. The molecule has 1 rings (SSSR count). The topological polar surface area (TPSA) is 214 Å². The molecule has 0 aromatic heterocycles. The van der Waals surface area contributed by atoms with Crippen molar-refractivity contribution >= 4 is 42.2 Å². The van der Waals surface area contributed by atoms with Crippen LogP contribution in [0.1, 0.15) is 12.0 Å². The molecule has 0 radical (unpaired) electrons. The highest BCUT2D eigenvalue weighted by atomic mass is 32.1. The van der Waals surface area contributed by atoms with Crippen molar-refractivity contribution in [1.29, 1.82) is 0 Å². The van der Waals surface area contributed by atoms with E-state index in [0.29, 0.717) is 5.56 Å². The van der Waals surface area contributed by atoms with Crippen LogP contribution in [-0.4, -0.2) is 76.3 Å². The SMILES string of the molecule is NC(=O)CC(NC(=O)C(N)CO)C(=O)NC(CS)C(=O)NC(Cc1ccccc1)C(=O)O. The number of aliphatic hydroxyl groups is 1. The molecule has 32 heavy (non-hydrogen) atoms. The second-order valence-corrected chi connectivity index (χ2v) is 7.22. The van der Waals surface area contributed by atoms with E-state index in [1.165, 1.54) is 0 Å². The molecule has 1 aromatic carbocycles. The number of benzene rings is 1. The summed E-state index contributed by atoms with van der Waals surface area (Å²) in [6.07, 6.45) is -0.586. The Morgan fingerprint density at radius 1 is 0.906 bits per heavy atom. The maximum atomic E-state index is 12.6. The number of hydrogen-bond donors (Lipinski definition) is 8. The van der Waals surface area contributed by atoms with Gasteiger partial charge in [0, 0.05) is 12.2 Å². The molecule has 176 valence electrons. The van der Waals surface area contributed by atoms with Gasteiger partial charge in [0.15, 0.2) is 0 Å².